The van der Waals surface area contributed by atoms with Gasteiger partial charge in [0, 0.05) is 17.5 Å². The normalized spacial score (nSPS) is 24.6. The van der Waals surface area contributed by atoms with E-state index in [0.717, 1.165) is 11.1 Å². The van der Waals surface area contributed by atoms with Crippen LogP contribution in [0, 0.1) is 0 Å². The highest BCUT2D eigenvalue weighted by molar-refractivity contribution is 7.99. The molecule has 0 spiro atoms. The van der Waals surface area contributed by atoms with Crippen molar-refractivity contribution in [2.24, 2.45) is 0 Å². The van der Waals surface area contributed by atoms with Crippen LogP contribution in [0.2, 0.25) is 10.0 Å². The Balaban J connectivity index is 2.00. The van der Waals surface area contributed by atoms with Crippen molar-refractivity contribution in [3.05, 3.63) is 22.3 Å². The SMILES string of the molecule is CSC1CCCC(Nc2ncc(Cl)cc2Cl)C1. The van der Waals surface area contributed by atoms with Crippen molar-refractivity contribution < 1.29 is 0 Å². The third-order valence-corrected chi connectivity index (χ3v) is 4.70. The van der Waals surface area contributed by atoms with Crippen LogP contribution in [0.5, 0.6) is 0 Å². The molecule has 5 heteroatoms. The maximum Gasteiger partial charge on any atom is 0.145 e. The largest absolute Gasteiger partial charge is 0.366 e. The first-order valence-electron chi connectivity index (χ1n) is 5.79. The van der Waals surface area contributed by atoms with Crippen LogP contribution in [0.25, 0.3) is 0 Å². The topological polar surface area (TPSA) is 24.9 Å². The van der Waals surface area contributed by atoms with E-state index in [-0.39, 0.29) is 0 Å². The average Bonchev–Trinajstić information content (AvgIpc) is 2.33. The summed E-state index contributed by atoms with van der Waals surface area (Å²) < 4.78 is 0. The van der Waals surface area contributed by atoms with E-state index < -0.39 is 0 Å². The zero-order valence-corrected chi connectivity index (χ0v) is 12.1. The van der Waals surface area contributed by atoms with Gasteiger partial charge in [0.25, 0.3) is 0 Å². The lowest BCUT2D eigenvalue weighted by molar-refractivity contribution is 0.473. The molecule has 2 unspecified atom stereocenters. The monoisotopic (exact) mass is 290 g/mol. The Morgan fingerprint density at radius 2 is 2.24 bits per heavy atom. The number of anilines is 1. The second-order valence-corrected chi connectivity index (χ2v) is 6.33. The number of nitrogens with one attached hydrogen (secondary N) is 1. The van der Waals surface area contributed by atoms with Gasteiger partial charge in [-0.05, 0) is 31.6 Å². The van der Waals surface area contributed by atoms with Crippen molar-refractivity contribution in [1.82, 2.24) is 4.98 Å². The number of thioether (sulfide) groups is 1. The molecule has 1 aromatic rings. The van der Waals surface area contributed by atoms with Gasteiger partial charge in [0.1, 0.15) is 5.82 Å². The quantitative estimate of drug-likeness (QED) is 0.889. The molecule has 0 aromatic carbocycles. The number of halogens is 2. The Morgan fingerprint density at radius 3 is 2.94 bits per heavy atom. The molecule has 2 rings (SSSR count). The van der Waals surface area contributed by atoms with Crippen LogP contribution in [0.1, 0.15) is 25.7 Å². The van der Waals surface area contributed by atoms with Crippen molar-refractivity contribution in [3.63, 3.8) is 0 Å². The van der Waals surface area contributed by atoms with Gasteiger partial charge in [0.05, 0.1) is 10.0 Å². The zero-order valence-electron chi connectivity index (χ0n) is 9.75. The molecule has 1 aliphatic carbocycles. The molecule has 0 radical (unpaired) electrons. The van der Waals surface area contributed by atoms with E-state index in [2.05, 4.69) is 16.6 Å². The average molecular weight is 291 g/mol. The first-order chi connectivity index (χ1) is 8.19. The predicted molar refractivity (Wildman–Crippen MR) is 77.4 cm³/mol. The summed E-state index contributed by atoms with van der Waals surface area (Å²) in [6.07, 6.45) is 8.78. The highest BCUT2D eigenvalue weighted by Gasteiger charge is 2.21. The number of nitrogens with zero attached hydrogens (tertiary/aromatic N) is 1. The second kappa shape index (κ2) is 6.17. The molecule has 1 N–H and O–H groups in total. The van der Waals surface area contributed by atoms with E-state index in [4.69, 9.17) is 23.2 Å². The van der Waals surface area contributed by atoms with Gasteiger partial charge in [-0.25, -0.2) is 4.98 Å². The molecule has 1 aliphatic rings. The molecule has 2 nitrogen and oxygen atoms in total. The van der Waals surface area contributed by atoms with Crippen molar-refractivity contribution in [2.75, 3.05) is 11.6 Å². The molecule has 0 saturated heterocycles. The van der Waals surface area contributed by atoms with Crippen LogP contribution in [-0.4, -0.2) is 22.5 Å². The van der Waals surface area contributed by atoms with Gasteiger partial charge in [0.15, 0.2) is 0 Å². The molecule has 0 bridgehead atoms. The molecule has 1 aromatic heterocycles. The Kier molecular flexibility index (Phi) is 4.83. The first kappa shape index (κ1) is 13.3. The Labute approximate surface area is 116 Å². The van der Waals surface area contributed by atoms with Crippen molar-refractivity contribution in [2.45, 2.75) is 37.0 Å². The van der Waals surface area contributed by atoms with E-state index in [9.17, 15) is 0 Å². The minimum Gasteiger partial charge on any atom is -0.366 e. The molecule has 1 saturated carbocycles. The fourth-order valence-corrected chi connectivity index (χ4v) is 3.47. The van der Waals surface area contributed by atoms with E-state index in [1.165, 1.54) is 25.7 Å². The molecule has 94 valence electrons. The van der Waals surface area contributed by atoms with Crippen LogP contribution >= 0.6 is 35.0 Å². The number of pyridine rings is 1. The van der Waals surface area contributed by atoms with Gasteiger partial charge in [0.2, 0.25) is 0 Å². The lowest BCUT2D eigenvalue weighted by atomic mass is 9.95. The molecule has 0 aliphatic heterocycles. The van der Waals surface area contributed by atoms with Crippen molar-refractivity contribution in [1.29, 1.82) is 0 Å². The molecule has 1 heterocycles. The summed E-state index contributed by atoms with van der Waals surface area (Å²) in [5.41, 5.74) is 0. The summed E-state index contributed by atoms with van der Waals surface area (Å²) in [4.78, 5) is 4.24. The highest BCUT2D eigenvalue weighted by atomic mass is 35.5. The predicted octanol–water partition coefficient (Wildman–Crippen LogP) is 4.47. The Hall–Kier alpha value is -0.120. The van der Waals surface area contributed by atoms with E-state index >= 15 is 0 Å². The van der Waals surface area contributed by atoms with E-state index in [0.29, 0.717) is 16.1 Å². The van der Waals surface area contributed by atoms with Crippen LogP contribution in [0.3, 0.4) is 0 Å². The summed E-state index contributed by atoms with van der Waals surface area (Å²) in [7, 11) is 0. The first-order valence-corrected chi connectivity index (χ1v) is 7.84. The highest BCUT2D eigenvalue weighted by Crippen LogP contribution is 2.30. The van der Waals surface area contributed by atoms with Gasteiger partial charge in [-0.2, -0.15) is 11.8 Å². The van der Waals surface area contributed by atoms with Gasteiger partial charge in [-0.3, -0.25) is 0 Å². The molecular formula is C12H16Cl2N2S. The van der Waals surface area contributed by atoms with E-state index in [1.807, 2.05) is 11.8 Å². The molecule has 2 atom stereocenters. The number of hydrogen-bond acceptors (Lipinski definition) is 3. The lowest BCUT2D eigenvalue weighted by Gasteiger charge is -2.29. The summed E-state index contributed by atoms with van der Waals surface area (Å²) in [6.45, 7) is 0. The number of aromatic nitrogens is 1. The smallest absolute Gasteiger partial charge is 0.145 e. The lowest BCUT2D eigenvalue weighted by Crippen LogP contribution is -2.28. The minimum absolute atomic E-state index is 0.479. The number of rotatable bonds is 3. The molecule has 1 fully saturated rings. The van der Waals surface area contributed by atoms with E-state index in [1.54, 1.807) is 12.3 Å². The summed E-state index contributed by atoms with van der Waals surface area (Å²) in [6, 6.07) is 2.21. The van der Waals surface area contributed by atoms with Crippen molar-refractivity contribution >= 4 is 40.8 Å². The standard InChI is InChI=1S/C12H16Cl2N2S/c1-17-10-4-2-3-9(6-10)16-12-11(14)5-8(13)7-15-12/h5,7,9-10H,2-4,6H2,1H3,(H,15,16). The molecule has 17 heavy (non-hydrogen) atoms. The van der Waals surface area contributed by atoms with Gasteiger partial charge < -0.3 is 5.32 Å². The van der Waals surface area contributed by atoms with Gasteiger partial charge in [-0.1, -0.05) is 29.6 Å². The fraction of sp³-hybridized carbons (Fsp3) is 0.583. The maximum atomic E-state index is 6.10. The third kappa shape index (κ3) is 3.67. The Morgan fingerprint density at radius 1 is 1.41 bits per heavy atom. The fourth-order valence-electron chi connectivity index (χ4n) is 2.20. The minimum atomic E-state index is 0.479. The molecule has 0 amide bonds. The van der Waals surface area contributed by atoms with Crippen molar-refractivity contribution in [3.8, 4) is 0 Å². The Bertz CT molecular complexity index is 387. The number of hydrogen-bond donors (Lipinski definition) is 1. The maximum absolute atomic E-state index is 6.10. The summed E-state index contributed by atoms with van der Waals surface area (Å²) >= 11 is 13.9. The summed E-state index contributed by atoms with van der Waals surface area (Å²) in [5.74, 6) is 0.753. The van der Waals surface area contributed by atoms with Gasteiger partial charge >= 0.3 is 0 Å². The van der Waals surface area contributed by atoms with Crippen LogP contribution < -0.4 is 5.32 Å². The zero-order chi connectivity index (χ0) is 12.3. The molecular weight excluding hydrogens is 275 g/mol. The summed E-state index contributed by atoms with van der Waals surface area (Å²) in [5, 5.41) is 5.36. The second-order valence-electron chi connectivity index (χ2n) is 4.35. The van der Waals surface area contributed by atoms with Crippen LogP contribution in [0.4, 0.5) is 5.82 Å². The van der Waals surface area contributed by atoms with Gasteiger partial charge in [-0.15, -0.1) is 0 Å². The third-order valence-electron chi connectivity index (χ3n) is 3.11. The van der Waals surface area contributed by atoms with Crippen LogP contribution in [0.15, 0.2) is 12.3 Å². The van der Waals surface area contributed by atoms with Crippen LogP contribution in [-0.2, 0) is 0 Å².